The fourth-order valence-corrected chi connectivity index (χ4v) is 2.38. The summed E-state index contributed by atoms with van der Waals surface area (Å²) < 4.78 is 5.75. The maximum absolute atomic E-state index is 11.3. The second-order valence-electron chi connectivity index (χ2n) is 3.36. The zero-order chi connectivity index (χ0) is 12.1. The Morgan fingerprint density at radius 3 is 2.75 bits per heavy atom. The minimum absolute atomic E-state index is 0.234. The summed E-state index contributed by atoms with van der Waals surface area (Å²) >= 11 is 2.11. The van der Waals surface area contributed by atoms with E-state index in [0.717, 1.165) is 14.7 Å². The standard InChI is InChI=1S/C12H12INO2/c1-3-16-12(15)6-9-4-8(2)10(7-14)11(13)5-9/h4-5H,3,6H2,1-2H3. The number of hydrogen-bond acceptors (Lipinski definition) is 3. The van der Waals surface area contributed by atoms with Crippen molar-refractivity contribution >= 4 is 28.6 Å². The number of carbonyl (C=O) groups is 1. The van der Waals surface area contributed by atoms with Crippen LogP contribution in [0.5, 0.6) is 0 Å². The summed E-state index contributed by atoms with van der Waals surface area (Å²) in [5, 5.41) is 8.91. The molecule has 0 amide bonds. The fourth-order valence-electron chi connectivity index (χ4n) is 1.44. The Bertz CT molecular complexity index is 426. The van der Waals surface area contributed by atoms with Gasteiger partial charge < -0.3 is 4.74 Å². The van der Waals surface area contributed by atoms with E-state index in [1.165, 1.54) is 0 Å². The first-order valence-electron chi connectivity index (χ1n) is 4.93. The Labute approximate surface area is 109 Å². The van der Waals surface area contributed by atoms with E-state index < -0.39 is 0 Å². The molecule has 0 spiro atoms. The van der Waals surface area contributed by atoms with Crippen LogP contribution in [0.25, 0.3) is 0 Å². The van der Waals surface area contributed by atoms with Crippen molar-refractivity contribution in [1.82, 2.24) is 0 Å². The number of nitriles is 1. The number of esters is 1. The summed E-state index contributed by atoms with van der Waals surface area (Å²) in [4.78, 5) is 11.3. The van der Waals surface area contributed by atoms with Crippen molar-refractivity contribution in [2.45, 2.75) is 20.3 Å². The van der Waals surface area contributed by atoms with Gasteiger partial charge in [0.15, 0.2) is 0 Å². The topological polar surface area (TPSA) is 50.1 Å². The molecule has 0 radical (unpaired) electrons. The fraction of sp³-hybridized carbons (Fsp3) is 0.333. The highest BCUT2D eigenvalue weighted by Gasteiger charge is 2.09. The molecule has 0 aromatic heterocycles. The molecule has 0 saturated heterocycles. The van der Waals surface area contributed by atoms with E-state index in [2.05, 4.69) is 28.7 Å². The van der Waals surface area contributed by atoms with Gasteiger partial charge in [0.1, 0.15) is 6.07 Å². The summed E-state index contributed by atoms with van der Waals surface area (Å²) in [6.07, 6.45) is 0.260. The summed E-state index contributed by atoms with van der Waals surface area (Å²) in [5.74, 6) is -0.234. The molecule has 0 atom stereocenters. The van der Waals surface area contributed by atoms with Crippen LogP contribution in [0.2, 0.25) is 0 Å². The lowest BCUT2D eigenvalue weighted by molar-refractivity contribution is -0.142. The summed E-state index contributed by atoms with van der Waals surface area (Å²) in [7, 11) is 0. The Morgan fingerprint density at radius 2 is 2.25 bits per heavy atom. The monoisotopic (exact) mass is 329 g/mol. The Kier molecular flexibility index (Phi) is 4.74. The van der Waals surface area contributed by atoms with Gasteiger partial charge in [-0.1, -0.05) is 6.07 Å². The number of ether oxygens (including phenoxy) is 1. The van der Waals surface area contributed by atoms with Crippen LogP contribution in [0.3, 0.4) is 0 Å². The Hall–Kier alpha value is -1.09. The van der Waals surface area contributed by atoms with Crippen molar-refractivity contribution in [2.75, 3.05) is 6.61 Å². The number of carbonyl (C=O) groups excluding carboxylic acids is 1. The van der Waals surface area contributed by atoms with E-state index in [9.17, 15) is 4.79 Å². The van der Waals surface area contributed by atoms with Crippen molar-refractivity contribution in [3.05, 3.63) is 32.4 Å². The lowest BCUT2D eigenvalue weighted by atomic mass is 10.0. The largest absolute Gasteiger partial charge is 0.466 e. The minimum atomic E-state index is -0.234. The highest BCUT2D eigenvalue weighted by atomic mass is 127. The predicted molar refractivity (Wildman–Crippen MR) is 68.9 cm³/mol. The van der Waals surface area contributed by atoms with Gasteiger partial charge in [-0.15, -0.1) is 0 Å². The van der Waals surface area contributed by atoms with Crippen LogP contribution in [-0.2, 0) is 16.0 Å². The van der Waals surface area contributed by atoms with Gasteiger partial charge in [-0.05, 0) is 53.6 Å². The molecule has 1 rings (SSSR count). The number of hydrogen-bond donors (Lipinski definition) is 0. The van der Waals surface area contributed by atoms with Crippen LogP contribution in [0, 0.1) is 21.8 Å². The number of benzene rings is 1. The predicted octanol–water partition coefficient (Wildman–Crippen LogP) is 2.58. The van der Waals surface area contributed by atoms with Gasteiger partial charge >= 0.3 is 5.97 Å². The van der Waals surface area contributed by atoms with E-state index >= 15 is 0 Å². The zero-order valence-corrected chi connectivity index (χ0v) is 11.4. The SMILES string of the molecule is CCOC(=O)Cc1cc(C)c(C#N)c(I)c1. The van der Waals surface area contributed by atoms with Gasteiger partial charge in [-0.25, -0.2) is 0 Å². The molecule has 0 N–H and O–H groups in total. The maximum Gasteiger partial charge on any atom is 0.310 e. The van der Waals surface area contributed by atoms with Crippen molar-refractivity contribution in [2.24, 2.45) is 0 Å². The molecule has 1 aromatic rings. The van der Waals surface area contributed by atoms with Crippen LogP contribution >= 0.6 is 22.6 Å². The molecule has 84 valence electrons. The molecule has 0 fully saturated rings. The first kappa shape index (κ1) is 13.0. The van der Waals surface area contributed by atoms with E-state index in [1.807, 2.05) is 19.1 Å². The molecule has 0 bridgehead atoms. The maximum atomic E-state index is 11.3. The number of rotatable bonds is 3. The number of aryl methyl sites for hydroxylation is 1. The molecule has 16 heavy (non-hydrogen) atoms. The van der Waals surface area contributed by atoms with E-state index in [-0.39, 0.29) is 12.4 Å². The van der Waals surface area contributed by atoms with Gasteiger partial charge in [0.25, 0.3) is 0 Å². The first-order chi connectivity index (χ1) is 7.58. The summed E-state index contributed by atoms with van der Waals surface area (Å²) in [6.45, 7) is 4.05. The van der Waals surface area contributed by atoms with E-state index in [4.69, 9.17) is 10.00 Å². The average molecular weight is 329 g/mol. The van der Waals surface area contributed by atoms with Gasteiger partial charge in [-0.3, -0.25) is 4.79 Å². The smallest absolute Gasteiger partial charge is 0.310 e. The van der Waals surface area contributed by atoms with E-state index in [1.54, 1.807) is 6.92 Å². The molecule has 0 aliphatic rings. The van der Waals surface area contributed by atoms with E-state index in [0.29, 0.717) is 12.2 Å². The third-order valence-electron chi connectivity index (χ3n) is 2.11. The molecule has 0 heterocycles. The third kappa shape index (κ3) is 3.20. The molecular weight excluding hydrogens is 317 g/mol. The first-order valence-corrected chi connectivity index (χ1v) is 6.01. The van der Waals surface area contributed by atoms with Crippen molar-refractivity contribution in [3.63, 3.8) is 0 Å². The molecular formula is C12H12INO2. The molecule has 0 aliphatic heterocycles. The van der Waals surface area contributed by atoms with Gasteiger partial charge in [0.2, 0.25) is 0 Å². The highest BCUT2D eigenvalue weighted by Crippen LogP contribution is 2.19. The summed E-state index contributed by atoms with van der Waals surface area (Å²) in [6, 6.07) is 5.85. The molecule has 1 aromatic carbocycles. The second kappa shape index (κ2) is 5.85. The highest BCUT2D eigenvalue weighted by molar-refractivity contribution is 14.1. The normalized spacial score (nSPS) is 9.62. The minimum Gasteiger partial charge on any atom is -0.466 e. The molecule has 0 saturated carbocycles. The van der Waals surface area contributed by atoms with Gasteiger partial charge in [0.05, 0.1) is 18.6 Å². The zero-order valence-electron chi connectivity index (χ0n) is 9.21. The van der Waals surface area contributed by atoms with Crippen LogP contribution in [0.1, 0.15) is 23.6 Å². The average Bonchev–Trinajstić information content (AvgIpc) is 2.17. The number of nitrogens with zero attached hydrogens (tertiary/aromatic N) is 1. The van der Waals surface area contributed by atoms with Gasteiger partial charge in [0, 0.05) is 3.57 Å². The molecule has 4 heteroatoms. The quantitative estimate of drug-likeness (QED) is 0.633. The third-order valence-corrected chi connectivity index (χ3v) is 2.96. The van der Waals surface area contributed by atoms with Crippen LogP contribution in [0.4, 0.5) is 0 Å². The Morgan fingerprint density at radius 1 is 1.56 bits per heavy atom. The molecule has 0 unspecified atom stereocenters. The molecule has 3 nitrogen and oxygen atoms in total. The van der Waals surface area contributed by atoms with Crippen molar-refractivity contribution in [1.29, 1.82) is 5.26 Å². The van der Waals surface area contributed by atoms with Crippen LogP contribution < -0.4 is 0 Å². The van der Waals surface area contributed by atoms with Crippen LogP contribution in [-0.4, -0.2) is 12.6 Å². The second-order valence-corrected chi connectivity index (χ2v) is 4.53. The van der Waals surface area contributed by atoms with Crippen LogP contribution in [0.15, 0.2) is 12.1 Å². The number of halogens is 1. The Balaban J connectivity index is 2.93. The van der Waals surface area contributed by atoms with Crippen molar-refractivity contribution in [3.8, 4) is 6.07 Å². The lowest BCUT2D eigenvalue weighted by Crippen LogP contribution is -2.08. The van der Waals surface area contributed by atoms with Gasteiger partial charge in [-0.2, -0.15) is 5.26 Å². The molecule has 0 aliphatic carbocycles. The van der Waals surface area contributed by atoms with Crippen molar-refractivity contribution < 1.29 is 9.53 Å². The lowest BCUT2D eigenvalue weighted by Gasteiger charge is -2.06. The summed E-state index contributed by atoms with van der Waals surface area (Å²) in [5.41, 5.74) is 2.46.